The number of aryl methyl sites for hydroxylation is 1. The second kappa shape index (κ2) is 10.4. The van der Waals surface area contributed by atoms with Crippen LogP contribution in [-0.2, 0) is 6.42 Å². The number of H-pyrrole nitrogens is 1. The molecule has 1 amide bonds. The van der Waals surface area contributed by atoms with E-state index in [0.29, 0.717) is 24.8 Å². The molecule has 5 nitrogen and oxygen atoms in total. The number of aromatic nitrogens is 2. The maximum absolute atomic E-state index is 13.6. The molecule has 5 heteroatoms. The molecule has 0 bridgehead atoms. The van der Waals surface area contributed by atoms with E-state index in [2.05, 4.69) is 79.5 Å². The van der Waals surface area contributed by atoms with Gasteiger partial charge in [0.25, 0.3) is 5.91 Å². The Labute approximate surface area is 213 Å². The van der Waals surface area contributed by atoms with Gasteiger partial charge >= 0.3 is 0 Å². The molecular formula is C31H33N3O2. The van der Waals surface area contributed by atoms with Crippen molar-refractivity contribution in [2.75, 3.05) is 13.2 Å². The second-order valence-corrected chi connectivity index (χ2v) is 9.96. The number of ether oxygens (including phenoxy) is 1. The van der Waals surface area contributed by atoms with Gasteiger partial charge in [-0.05, 0) is 48.9 Å². The van der Waals surface area contributed by atoms with Gasteiger partial charge in [0.05, 0.1) is 18.3 Å². The van der Waals surface area contributed by atoms with Crippen molar-refractivity contribution in [3.8, 4) is 17.0 Å². The van der Waals surface area contributed by atoms with Gasteiger partial charge in [0.2, 0.25) is 0 Å². The molecule has 0 saturated carbocycles. The standard InChI is InChI=1S/C31H33N3O2/c1-21(2)18-20-36-26-15-13-25(14-16-26)30-27-28(24-11-9-22(3)10-12-24)32-33-29(27)31(35)34(30)19-17-23-7-5-4-6-8-23/h4-16,21,30H,17-20H2,1-3H3,(H,32,33). The number of carbonyl (C=O) groups excluding carboxylic acids is 1. The average Bonchev–Trinajstić information content (AvgIpc) is 3.43. The Kier molecular flexibility index (Phi) is 6.90. The molecular weight excluding hydrogens is 446 g/mol. The molecule has 2 heterocycles. The van der Waals surface area contributed by atoms with Crippen LogP contribution in [0.5, 0.6) is 5.75 Å². The zero-order valence-electron chi connectivity index (χ0n) is 21.2. The van der Waals surface area contributed by atoms with Crippen LogP contribution < -0.4 is 4.74 Å². The largest absolute Gasteiger partial charge is 0.494 e. The van der Waals surface area contributed by atoms with Gasteiger partial charge < -0.3 is 9.64 Å². The highest BCUT2D eigenvalue weighted by atomic mass is 16.5. The molecule has 1 unspecified atom stereocenters. The third-order valence-electron chi connectivity index (χ3n) is 6.83. The SMILES string of the molecule is Cc1ccc(-c2n[nH]c3c2C(c2ccc(OCCC(C)C)cc2)N(CCc2ccccc2)C3=O)cc1. The van der Waals surface area contributed by atoms with Crippen molar-refractivity contribution < 1.29 is 9.53 Å². The first-order valence-electron chi connectivity index (χ1n) is 12.7. The van der Waals surface area contributed by atoms with Gasteiger partial charge in [-0.2, -0.15) is 5.10 Å². The number of fused-ring (bicyclic) bond motifs is 1. The normalized spacial score (nSPS) is 14.9. The molecule has 0 saturated heterocycles. The quantitative estimate of drug-likeness (QED) is 0.294. The summed E-state index contributed by atoms with van der Waals surface area (Å²) in [4.78, 5) is 15.6. The Hall–Kier alpha value is -3.86. The predicted molar refractivity (Wildman–Crippen MR) is 143 cm³/mol. The van der Waals surface area contributed by atoms with Crippen molar-refractivity contribution >= 4 is 5.91 Å². The Bertz CT molecular complexity index is 1310. The minimum absolute atomic E-state index is 0.00551. The highest BCUT2D eigenvalue weighted by molar-refractivity contribution is 6.00. The van der Waals surface area contributed by atoms with Gasteiger partial charge in [-0.15, -0.1) is 0 Å². The first-order chi connectivity index (χ1) is 17.5. The number of hydrogen-bond acceptors (Lipinski definition) is 3. The maximum Gasteiger partial charge on any atom is 0.273 e. The molecule has 5 rings (SSSR count). The van der Waals surface area contributed by atoms with Crippen LogP contribution in [0.4, 0.5) is 0 Å². The highest BCUT2D eigenvalue weighted by Crippen LogP contribution is 2.43. The summed E-state index contributed by atoms with van der Waals surface area (Å²) in [6.07, 6.45) is 1.81. The minimum atomic E-state index is -0.212. The molecule has 1 aliphatic heterocycles. The van der Waals surface area contributed by atoms with Gasteiger partial charge in [0, 0.05) is 17.7 Å². The van der Waals surface area contributed by atoms with Gasteiger partial charge in [-0.25, -0.2) is 0 Å². The molecule has 36 heavy (non-hydrogen) atoms. The Balaban J connectivity index is 1.48. The number of benzene rings is 3. The van der Waals surface area contributed by atoms with E-state index in [-0.39, 0.29) is 11.9 Å². The molecule has 1 aromatic heterocycles. The van der Waals surface area contributed by atoms with E-state index in [0.717, 1.165) is 41.0 Å². The van der Waals surface area contributed by atoms with Crippen LogP contribution in [0.25, 0.3) is 11.3 Å². The molecule has 1 aliphatic rings. The van der Waals surface area contributed by atoms with Gasteiger partial charge in [0.15, 0.2) is 0 Å². The van der Waals surface area contributed by atoms with Crippen LogP contribution in [-0.4, -0.2) is 34.2 Å². The van der Waals surface area contributed by atoms with E-state index in [4.69, 9.17) is 4.74 Å². The fourth-order valence-corrected chi connectivity index (χ4v) is 4.76. The maximum atomic E-state index is 13.6. The zero-order valence-corrected chi connectivity index (χ0v) is 21.2. The first-order valence-corrected chi connectivity index (χ1v) is 12.7. The number of amides is 1. The number of nitrogens with zero attached hydrogens (tertiary/aromatic N) is 2. The monoisotopic (exact) mass is 479 g/mol. The Morgan fingerprint density at radius 3 is 2.39 bits per heavy atom. The van der Waals surface area contributed by atoms with Gasteiger partial charge in [0.1, 0.15) is 11.4 Å². The number of carbonyl (C=O) groups is 1. The van der Waals surface area contributed by atoms with E-state index in [9.17, 15) is 4.79 Å². The van der Waals surface area contributed by atoms with E-state index >= 15 is 0 Å². The fraction of sp³-hybridized carbons (Fsp3) is 0.290. The van der Waals surface area contributed by atoms with Crippen LogP contribution in [0.2, 0.25) is 0 Å². The summed E-state index contributed by atoms with van der Waals surface area (Å²) in [6, 6.07) is 26.6. The molecule has 184 valence electrons. The Morgan fingerprint density at radius 1 is 0.972 bits per heavy atom. The van der Waals surface area contributed by atoms with Crippen molar-refractivity contribution in [2.45, 2.75) is 39.7 Å². The zero-order chi connectivity index (χ0) is 25.1. The van der Waals surface area contributed by atoms with E-state index < -0.39 is 0 Å². The predicted octanol–water partition coefficient (Wildman–Crippen LogP) is 6.60. The summed E-state index contributed by atoms with van der Waals surface area (Å²) in [5.74, 6) is 1.45. The summed E-state index contributed by atoms with van der Waals surface area (Å²) in [7, 11) is 0. The summed E-state index contributed by atoms with van der Waals surface area (Å²) in [5, 5.41) is 7.65. The summed E-state index contributed by atoms with van der Waals surface area (Å²) >= 11 is 0. The Morgan fingerprint density at radius 2 is 1.69 bits per heavy atom. The van der Waals surface area contributed by atoms with Crippen LogP contribution in [0.3, 0.4) is 0 Å². The van der Waals surface area contributed by atoms with Gasteiger partial charge in [-0.3, -0.25) is 9.89 Å². The fourth-order valence-electron chi connectivity index (χ4n) is 4.76. The van der Waals surface area contributed by atoms with Crippen LogP contribution in [0, 0.1) is 12.8 Å². The number of hydrogen-bond donors (Lipinski definition) is 1. The lowest BCUT2D eigenvalue weighted by atomic mass is 9.95. The van der Waals surface area contributed by atoms with E-state index in [1.54, 1.807) is 0 Å². The summed E-state index contributed by atoms with van der Waals surface area (Å²) < 4.78 is 5.95. The summed E-state index contributed by atoms with van der Waals surface area (Å²) in [5.41, 5.74) is 6.84. The molecule has 0 spiro atoms. The van der Waals surface area contributed by atoms with Crippen LogP contribution in [0.1, 0.15) is 59.1 Å². The van der Waals surface area contributed by atoms with Crippen molar-refractivity contribution in [3.05, 3.63) is 107 Å². The van der Waals surface area contributed by atoms with Crippen molar-refractivity contribution in [3.63, 3.8) is 0 Å². The molecule has 1 N–H and O–H groups in total. The molecule has 0 fully saturated rings. The lowest BCUT2D eigenvalue weighted by molar-refractivity contribution is 0.0746. The minimum Gasteiger partial charge on any atom is -0.494 e. The third kappa shape index (κ3) is 4.92. The van der Waals surface area contributed by atoms with Crippen molar-refractivity contribution in [1.29, 1.82) is 0 Å². The van der Waals surface area contributed by atoms with E-state index in [1.807, 2.05) is 35.2 Å². The molecule has 4 aromatic rings. The molecule has 0 radical (unpaired) electrons. The topological polar surface area (TPSA) is 58.2 Å². The first kappa shape index (κ1) is 23.9. The number of nitrogens with one attached hydrogen (secondary N) is 1. The number of rotatable bonds is 9. The van der Waals surface area contributed by atoms with E-state index in [1.165, 1.54) is 11.1 Å². The smallest absolute Gasteiger partial charge is 0.273 e. The second-order valence-electron chi connectivity index (χ2n) is 9.96. The molecule has 1 atom stereocenters. The van der Waals surface area contributed by atoms with Crippen molar-refractivity contribution in [1.82, 2.24) is 15.1 Å². The van der Waals surface area contributed by atoms with Crippen LogP contribution in [0.15, 0.2) is 78.9 Å². The van der Waals surface area contributed by atoms with Crippen molar-refractivity contribution in [2.24, 2.45) is 5.92 Å². The molecule has 3 aromatic carbocycles. The highest BCUT2D eigenvalue weighted by Gasteiger charge is 2.41. The number of aromatic amines is 1. The third-order valence-corrected chi connectivity index (χ3v) is 6.83. The molecule has 0 aliphatic carbocycles. The summed E-state index contributed by atoms with van der Waals surface area (Å²) in [6.45, 7) is 7.78. The van der Waals surface area contributed by atoms with Crippen LogP contribution >= 0.6 is 0 Å². The lowest BCUT2D eigenvalue weighted by Crippen LogP contribution is -2.31. The average molecular weight is 480 g/mol. The van der Waals surface area contributed by atoms with Gasteiger partial charge in [-0.1, -0.05) is 86.1 Å². The lowest BCUT2D eigenvalue weighted by Gasteiger charge is -2.26.